The van der Waals surface area contributed by atoms with Crippen LogP contribution in [0.4, 0.5) is 11.4 Å². The number of hydrogen-bond acceptors (Lipinski definition) is 7. The van der Waals surface area contributed by atoms with Gasteiger partial charge in [-0.1, -0.05) is 30.3 Å². The van der Waals surface area contributed by atoms with Gasteiger partial charge in [0.2, 0.25) is 5.91 Å². The van der Waals surface area contributed by atoms with Crippen molar-refractivity contribution >= 4 is 34.3 Å². The first-order valence-electron chi connectivity index (χ1n) is 12.0. The van der Waals surface area contributed by atoms with E-state index in [0.29, 0.717) is 48.4 Å². The van der Waals surface area contributed by atoms with Gasteiger partial charge >= 0.3 is 5.97 Å². The van der Waals surface area contributed by atoms with E-state index in [0.717, 1.165) is 5.56 Å². The lowest BCUT2D eigenvalue weighted by Gasteiger charge is -2.23. The van der Waals surface area contributed by atoms with Crippen molar-refractivity contribution in [2.45, 2.75) is 58.2 Å². The highest BCUT2D eigenvalue weighted by Gasteiger charge is 2.26. The maximum Gasteiger partial charge on any atom is 0.356 e. The third-order valence-electron chi connectivity index (χ3n) is 5.76. The molecule has 0 saturated heterocycles. The first kappa shape index (κ1) is 27.2. The molecule has 1 amide bonds. The topological polar surface area (TPSA) is 115 Å². The number of nitrogens with one attached hydrogen (secondary N) is 2. The number of hydrogen-bond donors (Lipinski definition) is 3. The van der Waals surface area contributed by atoms with Crippen LogP contribution in [-0.4, -0.2) is 59.0 Å². The molecular formula is C27H36N4O5. The van der Waals surface area contributed by atoms with Crippen LogP contribution in [0.15, 0.2) is 42.6 Å². The molecule has 0 aliphatic heterocycles. The summed E-state index contributed by atoms with van der Waals surface area (Å²) in [4.78, 5) is 30.4. The number of aromatic nitrogens is 2. The van der Waals surface area contributed by atoms with Crippen molar-refractivity contribution in [1.82, 2.24) is 9.55 Å². The van der Waals surface area contributed by atoms with Gasteiger partial charge in [-0.15, -0.1) is 0 Å². The van der Waals surface area contributed by atoms with Gasteiger partial charge in [-0.25, -0.2) is 9.78 Å². The molecule has 1 aromatic carbocycles. The van der Waals surface area contributed by atoms with Crippen molar-refractivity contribution in [3.05, 3.63) is 53.9 Å². The van der Waals surface area contributed by atoms with Crippen LogP contribution >= 0.6 is 0 Å². The number of amides is 1. The van der Waals surface area contributed by atoms with E-state index in [1.807, 2.05) is 43.3 Å². The van der Waals surface area contributed by atoms with Crippen molar-refractivity contribution in [2.75, 3.05) is 31.5 Å². The van der Waals surface area contributed by atoms with Crippen LogP contribution in [0.3, 0.4) is 0 Å². The van der Waals surface area contributed by atoms with Crippen molar-refractivity contribution in [1.29, 1.82) is 0 Å². The van der Waals surface area contributed by atoms with E-state index in [9.17, 15) is 14.7 Å². The van der Waals surface area contributed by atoms with Gasteiger partial charge in [0.1, 0.15) is 5.65 Å². The number of carbonyl (C=O) groups is 2. The molecule has 36 heavy (non-hydrogen) atoms. The molecule has 9 heteroatoms. The number of fused-ring (bicyclic) bond motifs is 1. The Kier molecular flexibility index (Phi) is 9.06. The first-order valence-corrected chi connectivity index (χ1v) is 12.0. The summed E-state index contributed by atoms with van der Waals surface area (Å²) in [6.45, 7) is 6.19. The Bertz CT molecular complexity index is 1180. The van der Waals surface area contributed by atoms with Gasteiger partial charge in [-0.3, -0.25) is 4.79 Å². The minimum atomic E-state index is -0.830. The minimum absolute atomic E-state index is 0.0381. The number of ether oxygens (including phenoxy) is 2. The highest BCUT2D eigenvalue weighted by Crippen LogP contribution is 2.33. The smallest absolute Gasteiger partial charge is 0.356 e. The molecule has 0 fully saturated rings. The maximum absolute atomic E-state index is 13.0. The van der Waals surface area contributed by atoms with Gasteiger partial charge in [0, 0.05) is 31.5 Å². The number of aryl methyl sites for hydroxylation is 1. The minimum Gasteiger partial charge on any atom is -0.464 e. The summed E-state index contributed by atoms with van der Waals surface area (Å²) in [7, 11) is 2.88. The number of aliphatic hydroxyl groups is 1. The van der Waals surface area contributed by atoms with E-state index in [-0.39, 0.29) is 24.1 Å². The molecular weight excluding hydrogens is 460 g/mol. The van der Waals surface area contributed by atoms with E-state index >= 15 is 0 Å². The fourth-order valence-corrected chi connectivity index (χ4v) is 4.33. The Labute approximate surface area is 211 Å². The number of benzene rings is 1. The van der Waals surface area contributed by atoms with Crippen LogP contribution in [0.2, 0.25) is 0 Å². The highest BCUT2D eigenvalue weighted by molar-refractivity contribution is 6.11. The molecule has 3 N–H and O–H groups in total. The predicted molar refractivity (Wildman–Crippen MR) is 140 cm³/mol. The lowest BCUT2D eigenvalue weighted by atomic mass is 10.0. The molecule has 194 valence electrons. The van der Waals surface area contributed by atoms with Crippen LogP contribution in [0.1, 0.15) is 49.7 Å². The Morgan fingerprint density at radius 2 is 1.92 bits per heavy atom. The summed E-state index contributed by atoms with van der Waals surface area (Å²) < 4.78 is 12.0. The lowest BCUT2D eigenvalue weighted by molar-refractivity contribution is -0.116. The van der Waals surface area contributed by atoms with Crippen molar-refractivity contribution < 1.29 is 24.2 Å². The molecule has 0 radical (unpaired) electrons. The number of carbonyl (C=O) groups excluding carboxylic acids is 2. The third-order valence-corrected chi connectivity index (χ3v) is 5.76. The summed E-state index contributed by atoms with van der Waals surface area (Å²) >= 11 is 0. The molecule has 0 aliphatic rings. The van der Waals surface area contributed by atoms with Crippen LogP contribution in [-0.2, 0) is 27.2 Å². The number of methoxy groups -OCH3 is 2. The largest absolute Gasteiger partial charge is 0.464 e. The van der Waals surface area contributed by atoms with Gasteiger partial charge in [0.25, 0.3) is 0 Å². The van der Waals surface area contributed by atoms with Crippen LogP contribution < -0.4 is 10.6 Å². The Morgan fingerprint density at radius 3 is 2.56 bits per heavy atom. The highest BCUT2D eigenvalue weighted by atomic mass is 16.5. The Balaban J connectivity index is 1.99. The van der Waals surface area contributed by atoms with Gasteiger partial charge in [-0.05, 0) is 45.2 Å². The SMILES string of the molecule is COCCn1c(C(=O)OC)c(NC(=O)CCc2ccccc2)c2cc(NC(C)CC(C)(C)O)cnc21. The van der Waals surface area contributed by atoms with Crippen LogP contribution in [0.25, 0.3) is 11.0 Å². The Morgan fingerprint density at radius 1 is 1.19 bits per heavy atom. The zero-order valence-corrected chi connectivity index (χ0v) is 21.6. The number of pyridine rings is 1. The van der Waals surface area contributed by atoms with Crippen molar-refractivity contribution in [3.63, 3.8) is 0 Å². The van der Waals surface area contributed by atoms with Gasteiger partial charge in [0.15, 0.2) is 5.69 Å². The average molecular weight is 497 g/mol. The van der Waals surface area contributed by atoms with E-state index < -0.39 is 11.6 Å². The number of anilines is 2. The van der Waals surface area contributed by atoms with Crippen molar-refractivity contribution in [3.8, 4) is 0 Å². The average Bonchev–Trinajstić information content (AvgIpc) is 3.12. The molecule has 0 aliphatic carbocycles. The fourth-order valence-electron chi connectivity index (χ4n) is 4.33. The quantitative estimate of drug-likeness (QED) is 0.325. The van der Waals surface area contributed by atoms with Crippen LogP contribution in [0, 0.1) is 0 Å². The van der Waals surface area contributed by atoms with Crippen molar-refractivity contribution in [2.24, 2.45) is 0 Å². The van der Waals surface area contributed by atoms with E-state index in [1.165, 1.54) is 7.11 Å². The molecule has 3 aromatic rings. The molecule has 2 aromatic heterocycles. The normalized spacial score (nSPS) is 12.4. The van der Waals surface area contributed by atoms with Gasteiger partial charge < -0.3 is 29.8 Å². The summed E-state index contributed by atoms with van der Waals surface area (Å²) in [5, 5.41) is 17.1. The zero-order valence-electron chi connectivity index (χ0n) is 21.6. The van der Waals surface area contributed by atoms with Gasteiger partial charge in [-0.2, -0.15) is 0 Å². The number of nitrogens with zero attached hydrogens (tertiary/aromatic N) is 2. The molecule has 0 bridgehead atoms. The Hall–Kier alpha value is -3.43. The molecule has 9 nitrogen and oxygen atoms in total. The summed E-state index contributed by atoms with van der Waals surface area (Å²) in [5.74, 6) is -0.795. The van der Waals surface area contributed by atoms with E-state index in [2.05, 4.69) is 15.6 Å². The number of rotatable bonds is 12. The third kappa shape index (κ3) is 7.05. The number of esters is 1. The summed E-state index contributed by atoms with van der Waals surface area (Å²) in [6, 6.07) is 11.6. The predicted octanol–water partition coefficient (Wildman–Crippen LogP) is 4.00. The second-order valence-corrected chi connectivity index (χ2v) is 9.55. The maximum atomic E-state index is 13.0. The van der Waals surface area contributed by atoms with Crippen LogP contribution in [0.5, 0.6) is 0 Å². The molecule has 1 atom stereocenters. The standard InChI is InChI=1S/C27H36N4O5/c1-18(16-27(2,3)34)29-20-15-21-23(30-22(32)12-11-19-9-7-6-8-10-19)24(26(33)36-5)31(13-14-35-4)25(21)28-17-20/h6-10,15,17-18,29,34H,11-14,16H2,1-5H3,(H,30,32). The second-order valence-electron chi connectivity index (χ2n) is 9.55. The van der Waals surface area contributed by atoms with E-state index in [1.54, 1.807) is 31.7 Å². The molecule has 3 rings (SSSR count). The van der Waals surface area contributed by atoms with Gasteiger partial charge in [0.05, 0.1) is 36.9 Å². The summed E-state index contributed by atoms with van der Waals surface area (Å²) in [5.41, 5.74) is 2.04. The fraction of sp³-hybridized carbons (Fsp3) is 0.444. The molecule has 1 unspecified atom stereocenters. The molecule has 2 heterocycles. The second kappa shape index (κ2) is 12.0. The zero-order chi connectivity index (χ0) is 26.3. The first-order chi connectivity index (χ1) is 17.1. The lowest BCUT2D eigenvalue weighted by Crippen LogP contribution is -2.29. The van der Waals surface area contributed by atoms with E-state index in [4.69, 9.17) is 9.47 Å². The summed E-state index contributed by atoms with van der Waals surface area (Å²) in [6.07, 6.45) is 3.02. The molecule has 0 saturated carbocycles. The monoisotopic (exact) mass is 496 g/mol. The molecule has 0 spiro atoms.